The number of hydrogen-bond donors (Lipinski definition) is 1. The van der Waals surface area contributed by atoms with Crippen LogP contribution in [0.25, 0.3) is 0 Å². The largest absolute Gasteiger partial charge is 0.481 e. The minimum Gasteiger partial charge on any atom is -0.481 e. The van der Waals surface area contributed by atoms with Crippen LogP contribution in [0, 0.1) is 0 Å². The number of rotatable bonds is 2. The number of nitrogens with zero attached hydrogens (tertiary/aromatic N) is 3. The maximum atomic E-state index is 10.4. The lowest BCUT2D eigenvalue weighted by Gasteiger charge is -2.02. The predicted octanol–water partition coefficient (Wildman–Crippen LogP) is 1.69. The van der Waals surface area contributed by atoms with Crippen LogP contribution < -0.4 is 0 Å². The summed E-state index contributed by atoms with van der Waals surface area (Å²) in [7, 11) is 0. The molecule has 13 heavy (non-hydrogen) atoms. The molecule has 1 aromatic rings. The van der Waals surface area contributed by atoms with Crippen LogP contribution in [-0.4, -0.2) is 16.1 Å². The summed E-state index contributed by atoms with van der Waals surface area (Å²) in [4.78, 5) is 14.4. The molecule has 0 saturated heterocycles. The molecule has 1 aliphatic rings. The molecule has 0 unspecified atom stereocenters. The number of carbonyl (C=O) groups is 1. The van der Waals surface area contributed by atoms with E-state index in [2.05, 4.69) is 15.2 Å². The third kappa shape index (κ3) is 1.40. The van der Waals surface area contributed by atoms with Crippen molar-refractivity contribution in [2.45, 2.75) is 12.5 Å². The Hall–Kier alpha value is -1.78. The first-order valence-electron chi connectivity index (χ1n) is 3.85. The van der Waals surface area contributed by atoms with Crippen molar-refractivity contribution in [3.05, 3.63) is 23.9 Å². The van der Waals surface area contributed by atoms with Crippen LogP contribution in [0.2, 0.25) is 0 Å². The molecule has 0 aromatic carbocycles. The minimum absolute atomic E-state index is 0.0256. The van der Waals surface area contributed by atoms with E-state index in [1.165, 1.54) is 0 Å². The Morgan fingerprint density at radius 1 is 1.62 bits per heavy atom. The zero-order chi connectivity index (χ0) is 9.26. The Bertz CT molecular complexity index is 375. The topological polar surface area (TPSA) is 74.9 Å². The molecule has 0 amide bonds. The smallest absolute Gasteiger partial charge is 0.305 e. The van der Waals surface area contributed by atoms with Gasteiger partial charge in [0.05, 0.1) is 6.42 Å². The fourth-order valence-corrected chi connectivity index (χ4v) is 1.26. The molecule has 0 aliphatic carbocycles. The number of hydrogen-bond acceptors (Lipinski definition) is 4. The number of azo groups is 1. The molecule has 1 atom stereocenters. The van der Waals surface area contributed by atoms with E-state index in [4.69, 9.17) is 5.11 Å². The molecule has 1 aliphatic heterocycles. The van der Waals surface area contributed by atoms with Crippen LogP contribution in [0.5, 0.6) is 0 Å². The molecule has 0 spiro atoms. The Labute approximate surface area is 74.1 Å². The zero-order valence-corrected chi connectivity index (χ0v) is 6.71. The van der Waals surface area contributed by atoms with Crippen molar-refractivity contribution >= 4 is 11.8 Å². The summed E-state index contributed by atoms with van der Waals surface area (Å²) in [6, 6.07) is 3.20. The molecule has 0 saturated carbocycles. The van der Waals surface area contributed by atoms with Crippen LogP contribution in [0.3, 0.4) is 0 Å². The third-order valence-electron chi connectivity index (χ3n) is 1.84. The fourth-order valence-electron chi connectivity index (χ4n) is 1.26. The Kier molecular flexibility index (Phi) is 1.77. The fraction of sp³-hybridized carbons (Fsp3) is 0.250. The lowest BCUT2D eigenvalue weighted by molar-refractivity contribution is -0.137. The van der Waals surface area contributed by atoms with Gasteiger partial charge < -0.3 is 5.11 Å². The lowest BCUT2D eigenvalue weighted by atomic mass is 10.1. The van der Waals surface area contributed by atoms with Gasteiger partial charge in [-0.2, -0.15) is 5.11 Å². The van der Waals surface area contributed by atoms with Gasteiger partial charge in [0.25, 0.3) is 0 Å². The van der Waals surface area contributed by atoms with Gasteiger partial charge in [0.15, 0.2) is 5.82 Å². The summed E-state index contributed by atoms with van der Waals surface area (Å²) in [6.07, 6.45) is 1.59. The molecular formula is C8H7N3O2. The van der Waals surface area contributed by atoms with Crippen molar-refractivity contribution in [1.29, 1.82) is 0 Å². The quantitative estimate of drug-likeness (QED) is 0.746. The first-order valence-corrected chi connectivity index (χ1v) is 3.85. The average Bonchev–Trinajstić information content (AvgIpc) is 2.48. The highest BCUT2D eigenvalue weighted by molar-refractivity contribution is 5.68. The van der Waals surface area contributed by atoms with Crippen molar-refractivity contribution in [2.24, 2.45) is 10.2 Å². The van der Waals surface area contributed by atoms with E-state index in [0.717, 1.165) is 5.56 Å². The van der Waals surface area contributed by atoms with Gasteiger partial charge in [-0.25, -0.2) is 4.98 Å². The third-order valence-corrected chi connectivity index (χ3v) is 1.84. The van der Waals surface area contributed by atoms with Crippen LogP contribution >= 0.6 is 0 Å². The molecule has 1 N–H and O–H groups in total. The van der Waals surface area contributed by atoms with Crippen molar-refractivity contribution in [2.75, 3.05) is 0 Å². The number of carboxylic acid groups (broad SMARTS) is 1. The number of fused-ring (bicyclic) bond motifs is 1. The summed E-state index contributed by atoms with van der Waals surface area (Å²) in [5.74, 6) is -0.339. The van der Waals surface area contributed by atoms with Crippen LogP contribution in [0.1, 0.15) is 18.0 Å². The number of carboxylic acids is 1. The SMILES string of the molecule is O=C(O)C[C@@H]1N=Nc2ncccc21. The maximum absolute atomic E-state index is 10.4. The number of aliphatic carboxylic acids is 1. The normalized spacial score (nSPS) is 18.6. The number of aromatic nitrogens is 1. The standard InChI is InChI=1S/C8H7N3O2/c12-7(13)4-6-5-2-1-3-9-8(5)11-10-6/h1-3,6H,4H2,(H,12,13)/t6-/m0/s1. The Morgan fingerprint density at radius 2 is 2.46 bits per heavy atom. The highest BCUT2D eigenvalue weighted by Crippen LogP contribution is 2.35. The van der Waals surface area contributed by atoms with E-state index >= 15 is 0 Å². The van der Waals surface area contributed by atoms with E-state index < -0.39 is 5.97 Å². The Balaban J connectivity index is 2.28. The van der Waals surface area contributed by atoms with Crippen LogP contribution in [-0.2, 0) is 4.79 Å². The van der Waals surface area contributed by atoms with Crippen molar-refractivity contribution in [1.82, 2.24) is 4.98 Å². The molecule has 5 heteroatoms. The summed E-state index contributed by atoms with van der Waals surface area (Å²) in [5.41, 5.74) is 0.796. The summed E-state index contributed by atoms with van der Waals surface area (Å²) in [5, 5.41) is 16.2. The minimum atomic E-state index is -0.874. The van der Waals surface area contributed by atoms with Gasteiger partial charge in [-0.15, -0.1) is 5.11 Å². The molecule has 5 nitrogen and oxygen atoms in total. The van der Waals surface area contributed by atoms with Gasteiger partial charge >= 0.3 is 5.97 Å². The molecule has 66 valence electrons. The van der Waals surface area contributed by atoms with Crippen LogP contribution in [0.4, 0.5) is 5.82 Å². The van der Waals surface area contributed by atoms with E-state index in [1.54, 1.807) is 18.3 Å². The molecular weight excluding hydrogens is 170 g/mol. The first-order chi connectivity index (χ1) is 6.27. The summed E-state index contributed by atoms with van der Waals surface area (Å²) < 4.78 is 0. The molecule has 0 bridgehead atoms. The summed E-state index contributed by atoms with van der Waals surface area (Å²) >= 11 is 0. The molecule has 2 rings (SSSR count). The van der Waals surface area contributed by atoms with Gasteiger partial charge in [-0.3, -0.25) is 4.79 Å². The summed E-state index contributed by atoms with van der Waals surface area (Å²) in [6.45, 7) is 0. The molecule has 1 aromatic heterocycles. The lowest BCUT2D eigenvalue weighted by Crippen LogP contribution is -2.01. The van der Waals surface area contributed by atoms with Gasteiger partial charge in [0.2, 0.25) is 0 Å². The second-order valence-electron chi connectivity index (χ2n) is 2.75. The predicted molar refractivity (Wildman–Crippen MR) is 43.7 cm³/mol. The molecule has 0 radical (unpaired) electrons. The Morgan fingerprint density at radius 3 is 3.23 bits per heavy atom. The van der Waals surface area contributed by atoms with Crippen molar-refractivity contribution < 1.29 is 9.90 Å². The maximum Gasteiger partial charge on any atom is 0.305 e. The van der Waals surface area contributed by atoms with Gasteiger partial charge in [-0.1, -0.05) is 6.07 Å². The highest BCUT2D eigenvalue weighted by Gasteiger charge is 2.23. The van der Waals surface area contributed by atoms with Gasteiger partial charge in [-0.05, 0) is 6.07 Å². The molecule has 0 fully saturated rings. The first kappa shape index (κ1) is 7.85. The monoisotopic (exact) mass is 177 g/mol. The zero-order valence-electron chi connectivity index (χ0n) is 6.71. The van der Waals surface area contributed by atoms with Crippen molar-refractivity contribution in [3.8, 4) is 0 Å². The van der Waals surface area contributed by atoms with Crippen molar-refractivity contribution in [3.63, 3.8) is 0 Å². The van der Waals surface area contributed by atoms with E-state index in [0.29, 0.717) is 5.82 Å². The number of pyridine rings is 1. The van der Waals surface area contributed by atoms with Gasteiger partial charge in [0, 0.05) is 11.8 Å². The second-order valence-corrected chi connectivity index (χ2v) is 2.75. The van der Waals surface area contributed by atoms with E-state index in [1.807, 2.05) is 0 Å². The highest BCUT2D eigenvalue weighted by atomic mass is 16.4. The van der Waals surface area contributed by atoms with E-state index in [9.17, 15) is 4.79 Å². The van der Waals surface area contributed by atoms with E-state index in [-0.39, 0.29) is 12.5 Å². The van der Waals surface area contributed by atoms with Crippen LogP contribution in [0.15, 0.2) is 28.6 Å². The molecule has 2 heterocycles. The second kappa shape index (κ2) is 2.93. The van der Waals surface area contributed by atoms with Gasteiger partial charge in [0.1, 0.15) is 6.04 Å². The average molecular weight is 177 g/mol.